The molecule has 0 radical (unpaired) electrons. The van der Waals surface area contributed by atoms with Crippen molar-refractivity contribution in [1.29, 1.82) is 0 Å². The molecule has 0 saturated heterocycles. The summed E-state index contributed by atoms with van der Waals surface area (Å²) in [6.07, 6.45) is -0.258. The Bertz CT molecular complexity index is 121. The van der Waals surface area contributed by atoms with Crippen molar-refractivity contribution in [3.05, 3.63) is 0 Å². The third-order valence-electron chi connectivity index (χ3n) is 2.44. The summed E-state index contributed by atoms with van der Waals surface area (Å²) in [6.45, 7) is 7.58. The number of halogens is 2. The number of hydrogen-bond acceptors (Lipinski definition) is 0. The predicted molar refractivity (Wildman–Crippen MR) is 53.3 cm³/mol. The SMILES string of the molecule is CCC(CC(C)C)CC(F)C(C)F. The highest BCUT2D eigenvalue weighted by atomic mass is 19.2. The first-order valence-electron chi connectivity index (χ1n) is 5.25. The second-order valence-electron chi connectivity index (χ2n) is 4.33. The minimum absolute atomic E-state index is 0.341. The summed E-state index contributed by atoms with van der Waals surface area (Å²) in [5.41, 5.74) is 0. The maximum atomic E-state index is 13.0. The lowest BCUT2D eigenvalue weighted by Crippen LogP contribution is -2.18. The van der Waals surface area contributed by atoms with Crippen LogP contribution in [0.15, 0.2) is 0 Å². The number of rotatable bonds is 6. The van der Waals surface area contributed by atoms with E-state index in [4.69, 9.17) is 0 Å². The zero-order valence-electron chi connectivity index (χ0n) is 9.19. The van der Waals surface area contributed by atoms with Crippen molar-refractivity contribution in [1.82, 2.24) is 0 Å². The van der Waals surface area contributed by atoms with Crippen LogP contribution in [0, 0.1) is 11.8 Å². The van der Waals surface area contributed by atoms with Crippen LogP contribution in [0.25, 0.3) is 0 Å². The molecule has 3 unspecified atom stereocenters. The van der Waals surface area contributed by atoms with E-state index in [1.54, 1.807) is 0 Å². The van der Waals surface area contributed by atoms with Gasteiger partial charge in [0.05, 0.1) is 0 Å². The van der Waals surface area contributed by atoms with Gasteiger partial charge in [-0.1, -0.05) is 27.2 Å². The Balaban J connectivity index is 3.83. The molecule has 0 aliphatic carbocycles. The van der Waals surface area contributed by atoms with Gasteiger partial charge in [0.1, 0.15) is 12.3 Å². The summed E-state index contributed by atoms with van der Waals surface area (Å²) in [6, 6.07) is 0. The summed E-state index contributed by atoms with van der Waals surface area (Å²) >= 11 is 0. The molecule has 0 spiro atoms. The Morgan fingerprint density at radius 2 is 1.54 bits per heavy atom. The van der Waals surface area contributed by atoms with Crippen molar-refractivity contribution < 1.29 is 8.78 Å². The van der Waals surface area contributed by atoms with E-state index in [0.29, 0.717) is 18.3 Å². The fourth-order valence-corrected chi connectivity index (χ4v) is 1.60. The summed E-state index contributed by atoms with van der Waals surface area (Å²) in [5, 5.41) is 0. The smallest absolute Gasteiger partial charge is 0.131 e. The van der Waals surface area contributed by atoms with Crippen molar-refractivity contribution in [3.63, 3.8) is 0 Å². The topological polar surface area (TPSA) is 0 Å². The van der Waals surface area contributed by atoms with Crippen LogP contribution in [0.2, 0.25) is 0 Å². The van der Waals surface area contributed by atoms with Crippen LogP contribution >= 0.6 is 0 Å². The van der Waals surface area contributed by atoms with Gasteiger partial charge in [0.25, 0.3) is 0 Å². The van der Waals surface area contributed by atoms with Crippen LogP contribution in [0.4, 0.5) is 8.78 Å². The first-order chi connectivity index (χ1) is 5.97. The van der Waals surface area contributed by atoms with E-state index in [0.717, 1.165) is 12.8 Å². The van der Waals surface area contributed by atoms with Gasteiger partial charge in [0.2, 0.25) is 0 Å². The Kier molecular flexibility index (Phi) is 6.27. The molecule has 0 aromatic rings. The number of hydrogen-bond donors (Lipinski definition) is 0. The van der Waals surface area contributed by atoms with E-state index in [1.807, 2.05) is 6.92 Å². The molecule has 0 heterocycles. The molecule has 80 valence electrons. The van der Waals surface area contributed by atoms with Gasteiger partial charge in [-0.05, 0) is 31.6 Å². The summed E-state index contributed by atoms with van der Waals surface area (Å²) in [5.74, 6) is 0.917. The van der Waals surface area contributed by atoms with Crippen LogP contribution in [-0.2, 0) is 0 Å². The van der Waals surface area contributed by atoms with Gasteiger partial charge in [-0.3, -0.25) is 0 Å². The van der Waals surface area contributed by atoms with Gasteiger partial charge in [0, 0.05) is 0 Å². The molecule has 0 saturated carbocycles. The third-order valence-corrected chi connectivity index (χ3v) is 2.44. The van der Waals surface area contributed by atoms with E-state index in [-0.39, 0.29) is 0 Å². The lowest BCUT2D eigenvalue weighted by Gasteiger charge is -2.19. The van der Waals surface area contributed by atoms with Crippen molar-refractivity contribution in [2.24, 2.45) is 11.8 Å². The Hall–Kier alpha value is -0.140. The van der Waals surface area contributed by atoms with Crippen molar-refractivity contribution >= 4 is 0 Å². The molecule has 0 aromatic heterocycles. The quantitative estimate of drug-likeness (QED) is 0.593. The summed E-state index contributed by atoms with van der Waals surface area (Å²) in [7, 11) is 0. The fourth-order valence-electron chi connectivity index (χ4n) is 1.60. The van der Waals surface area contributed by atoms with E-state index >= 15 is 0 Å². The molecule has 0 fully saturated rings. The Labute approximate surface area is 80.7 Å². The average Bonchev–Trinajstić information content (AvgIpc) is 2.02. The van der Waals surface area contributed by atoms with Gasteiger partial charge in [0.15, 0.2) is 0 Å². The molecule has 0 aliphatic rings. The highest BCUT2D eigenvalue weighted by molar-refractivity contribution is 4.69. The van der Waals surface area contributed by atoms with Gasteiger partial charge in [-0.25, -0.2) is 8.78 Å². The largest absolute Gasteiger partial charge is 0.245 e. The molecule has 0 bridgehead atoms. The molecule has 0 aliphatic heterocycles. The standard InChI is InChI=1S/C11H22F2/c1-5-10(6-8(2)3)7-11(13)9(4)12/h8-11H,5-7H2,1-4H3. The molecule has 0 N–H and O–H groups in total. The number of alkyl halides is 2. The average molecular weight is 192 g/mol. The van der Waals surface area contributed by atoms with Gasteiger partial charge < -0.3 is 0 Å². The molecule has 0 rings (SSSR count). The van der Waals surface area contributed by atoms with Crippen molar-refractivity contribution in [3.8, 4) is 0 Å². The lowest BCUT2D eigenvalue weighted by atomic mass is 9.89. The third kappa shape index (κ3) is 6.00. The summed E-state index contributed by atoms with van der Waals surface area (Å²) < 4.78 is 25.6. The van der Waals surface area contributed by atoms with Crippen LogP contribution in [0.1, 0.15) is 47.0 Å². The van der Waals surface area contributed by atoms with Gasteiger partial charge in [-0.2, -0.15) is 0 Å². The minimum Gasteiger partial charge on any atom is -0.245 e. The molecule has 0 nitrogen and oxygen atoms in total. The highest BCUT2D eigenvalue weighted by Gasteiger charge is 2.20. The monoisotopic (exact) mass is 192 g/mol. The van der Waals surface area contributed by atoms with Crippen LogP contribution in [-0.4, -0.2) is 12.3 Å². The second-order valence-corrected chi connectivity index (χ2v) is 4.33. The Morgan fingerprint density at radius 3 is 1.85 bits per heavy atom. The van der Waals surface area contributed by atoms with Gasteiger partial charge >= 0.3 is 0 Å². The Morgan fingerprint density at radius 1 is 1.00 bits per heavy atom. The van der Waals surface area contributed by atoms with Crippen LogP contribution in [0.5, 0.6) is 0 Å². The zero-order chi connectivity index (χ0) is 10.4. The van der Waals surface area contributed by atoms with E-state index in [1.165, 1.54) is 6.92 Å². The first kappa shape index (κ1) is 12.9. The van der Waals surface area contributed by atoms with E-state index in [2.05, 4.69) is 13.8 Å². The zero-order valence-corrected chi connectivity index (χ0v) is 9.19. The van der Waals surface area contributed by atoms with E-state index in [9.17, 15) is 8.78 Å². The molecule has 13 heavy (non-hydrogen) atoms. The maximum Gasteiger partial charge on any atom is 0.131 e. The fraction of sp³-hybridized carbons (Fsp3) is 1.00. The minimum atomic E-state index is -1.32. The summed E-state index contributed by atoms with van der Waals surface area (Å²) in [4.78, 5) is 0. The molecular formula is C11H22F2. The normalized spacial score (nSPS) is 18.7. The first-order valence-corrected chi connectivity index (χ1v) is 5.25. The lowest BCUT2D eigenvalue weighted by molar-refractivity contribution is 0.144. The highest BCUT2D eigenvalue weighted by Crippen LogP contribution is 2.23. The molecular weight excluding hydrogens is 170 g/mol. The van der Waals surface area contributed by atoms with Crippen LogP contribution < -0.4 is 0 Å². The maximum absolute atomic E-state index is 13.0. The molecule has 2 heteroatoms. The second kappa shape index (κ2) is 6.33. The van der Waals surface area contributed by atoms with Crippen LogP contribution in [0.3, 0.4) is 0 Å². The van der Waals surface area contributed by atoms with Crippen molar-refractivity contribution in [2.45, 2.75) is 59.3 Å². The van der Waals surface area contributed by atoms with E-state index < -0.39 is 12.3 Å². The van der Waals surface area contributed by atoms with Gasteiger partial charge in [-0.15, -0.1) is 0 Å². The predicted octanol–water partition coefficient (Wildman–Crippen LogP) is 4.14. The van der Waals surface area contributed by atoms with Crippen molar-refractivity contribution in [2.75, 3.05) is 0 Å². The molecule has 0 amide bonds. The molecule has 0 aromatic carbocycles. The molecule has 3 atom stereocenters.